The molecule has 2 aromatic carbocycles. The third-order valence-corrected chi connectivity index (χ3v) is 3.62. The largest absolute Gasteiger partial charge is 0.392 e. The van der Waals surface area contributed by atoms with Crippen molar-refractivity contribution in [2.75, 3.05) is 5.32 Å². The topological polar surface area (TPSA) is 62.2 Å². The summed E-state index contributed by atoms with van der Waals surface area (Å²) in [6.45, 7) is 1.86. The van der Waals surface area contributed by atoms with Gasteiger partial charge in [-0.05, 0) is 42.3 Å². The molecule has 0 atom stereocenters. The summed E-state index contributed by atoms with van der Waals surface area (Å²) in [6, 6.07) is 14.7. The Kier molecular flexibility index (Phi) is 3.85. The smallest absolute Gasteiger partial charge is 0.256 e. The van der Waals surface area contributed by atoms with E-state index in [1.807, 2.05) is 43.3 Å². The number of aryl methyl sites for hydroxylation is 1. The van der Waals surface area contributed by atoms with Gasteiger partial charge in [0.1, 0.15) is 0 Å². The van der Waals surface area contributed by atoms with Gasteiger partial charge in [0.05, 0.1) is 12.1 Å². The van der Waals surface area contributed by atoms with Crippen molar-refractivity contribution in [1.29, 1.82) is 0 Å². The number of hydrogen-bond acceptors (Lipinski definition) is 3. The highest BCUT2D eigenvalue weighted by Crippen LogP contribution is 2.21. The molecule has 3 rings (SSSR count). The molecule has 0 aliphatic heterocycles. The summed E-state index contributed by atoms with van der Waals surface area (Å²) in [5, 5.41) is 13.0. The van der Waals surface area contributed by atoms with Gasteiger partial charge in [-0.3, -0.25) is 9.78 Å². The Morgan fingerprint density at radius 1 is 1.18 bits per heavy atom. The van der Waals surface area contributed by atoms with Gasteiger partial charge in [0.2, 0.25) is 0 Å². The van der Waals surface area contributed by atoms with Crippen molar-refractivity contribution < 1.29 is 9.90 Å². The number of aliphatic hydroxyl groups is 1. The Balaban J connectivity index is 1.97. The second-order valence-electron chi connectivity index (χ2n) is 5.14. The molecule has 4 nitrogen and oxygen atoms in total. The number of anilines is 1. The summed E-state index contributed by atoms with van der Waals surface area (Å²) in [5.41, 5.74) is 3.79. The normalized spacial score (nSPS) is 10.6. The number of aromatic nitrogens is 1. The van der Waals surface area contributed by atoms with Crippen LogP contribution in [0.5, 0.6) is 0 Å². The number of benzene rings is 2. The zero-order valence-electron chi connectivity index (χ0n) is 12.2. The number of carbonyl (C=O) groups is 1. The van der Waals surface area contributed by atoms with Crippen molar-refractivity contribution in [1.82, 2.24) is 4.98 Å². The van der Waals surface area contributed by atoms with Crippen LogP contribution >= 0.6 is 0 Å². The van der Waals surface area contributed by atoms with Crippen LogP contribution in [-0.4, -0.2) is 16.0 Å². The minimum atomic E-state index is -0.184. The molecule has 22 heavy (non-hydrogen) atoms. The van der Waals surface area contributed by atoms with Gasteiger partial charge >= 0.3 is 0 Å². The van der Waals surface area contributed by atoms with Gasteiger partial charge in [-0.1, -0.05) is 24.3 Å². The molecule has 110 valence electrons. The fraction of sp³-hybridized carbons (Fsp3) is 0.111. The van der Waals surface area contributed by atoms with E-state index in [2.05, 4.69) is 10.3 Å². The first-order valence-electron chi connectivity index (χ1n) is 7.04. The lowest BCUT2D eigenvalue weighted by atomic mass is 10.1. The number of amides is 1. The van der Waals surface area contributed by atoms with Crippen molar-refractivity contribution in [3.63, 3.8) is 0 Å². The summed E-state index contributed by atoms with van der Waals surface area (Å²) in [5.74, 6) is -0.184. The van der Waals surface area contributed by atoms with Gasteiger partial charge in [0, 0.05) is 22.8 Å². The van der Waals surface area contributed by atoms with Crippen LogP contribution in [0.15, 0.2) is 54.7 Å². The zero-order chi connectivity index (χ0) is 15.5. The van der Waals surface area contributed by atoms with Gasteiger partial charge < -0.3 is 10.4 Å². The molecule has 4 heteroatoms. The minimum absolute atomic E-state index is 0.0542. The molecule has 0 fully saturated rings. The predicted octanol–water partition coefficient (Wildman–Crippen LogP) is 3.29. The minimum Gasteiger partial charge on any atom is -0.392 e. The maximum atomic E-state index is 12.6. The van der Waals surface area contributed by atoms with E-state index < -0.39 is 0 Å². The number of nitrogens with one attached hydrogen (secondary N) is 1. The van der Waals surface area contributed by atoms with E-state index in [1.165, 1.54) is 0 Å². The highest BCUT2D eigenvalue weighted by atomic mass is 16.3. The second-order valence-corrected chi connectivity index (χ2v) is 5.14. The number of fused-ring (bicyclic) bond motifs is 1. The number of pyridine rings is 1. The lowest BCUT2D eigenvalue weighted by Gasteiger charge is -2.11. The van der Waals surface area contributed by atoms with Gasteiger partial charge in [-0.15, -0.1) is 0 Å². The summed E-state index contributed by atoms with van der Waals surface area (Å²) in [6.07, 6.45) is 1.71. The van der Waals surface area contributed by atoms with Crippen molar-refractivity contribution in [3.05, 3.63) is 71.4 Å². The number of hydrogen-bond donors (Lipinski definition) is 2. The van der Waals surface area contributed by atoms with E-state index in [4.69, 9.17) is 0 Å². The number of aliphatic hydroxyl groups excluding tert-OH is 1. The molecule has 0 bridgehead atoms. The first-order chi connectivity index (χ1) is 10.7. The third kappa shape index (κ3) is 2.69. The van der Waals surface area contributed by atoms with Gasteiger partial charge in [0.15, 0.2) is 0 Å². The molecule has 0 radical (unpaired) electrons. The van der Waals surface area contributed by atoms with Crippen LogP contribution in [0.2, 0.25) is 0 Å². The summed E-state index contributed by atoms with van der Waals surface area (Å²) in [7, 11) is 0. The number of rotatable bonds is 3. The van der Waals surface area contributed by atoms with Crippen molar-refractivity contribution in [3.8, 4) is 0 Å². The monoisotopic (exact) mass is 292 g/mol. The van der Waals surface area contributed by atoms with E-state index in [1.54, 1.807) is 18.3 Å². The van der Waals surface area contributed by atoms with Crippen molar-refractivity contribution in [2.45, 2.75) is 13.5 Å². The van der Waals surface area contributed by atoms with Gasteiger partial charge in [-0.25, -0.2) is 0 Å². The second kappa shape index (κ2) is 5.95. The van der Waals surface area contributed by atoms with E-state index >= 15 is 0 Å². The van der Waals surface area contributed by atoms with Crippen LogP contribution in [0.25, 0.3) is 10.9 Å². The molecule has 3 aromatic rings. The average molecular weight is 292 g/mol. The molecule has 2 N–H and O–H groups in total. The molecule has 0 saturated heterocycles. The zero-order valence-corrected chi connectivity index (χ0v) is 12.2. The fourth-order valence-electron chi connectivity index (χ4n) is 2.39. The Hall–Kier alpha value is -2.72. The lowest BCUT2D eigenvalue weighted by Crippen LogP contribution is -2.13. The lowest BCUT2D eigenvalue weighted by molar-refractivity contribution is 0.102. The molecule has 1 heterocycles. The van der Waals surface area contributed by atoms with E-state index in [0.717, 1.165) is 22.0 Å². The Morgan fingerprint density at radius 3 is 2.86 bits per heavy atom. The van der Waals surface area contributed by atoms with E-state index in [0.29, 0.717) is 11.3 Å². The van der Waals surface area contributed by atoms with Crippen LogP contribution in [0.3, 0.4) is 0 Å². The molecule has 1 aromatic heterocycles. The first kappa shape index (κ1) is 14.2. The van der Waals surface area contributed by atoms with Crippen LogP contribution in [0.1, 0.15) is 21.5 Å². The quantitative estimate of drug-likeness (QED) is 0.778. The SMILES string of the molecule is Cc1ccc(CO)cc1NC(=O)c1cccc2ncccc12. The average Bonchev–Trinajstić information content (AvgIpc) is 2.56. The van der Waals surface area contributed by atoms with E-state index in [-0.39, 0.29) is 12.5 Å². The molecule has 0 spiro atoms. The highest BCUT2D eigenvalue weighted by molar-refractivity contribution is 6.12. The van der Waals surface area contributed by atoms with Crippen LogP contribution < -0.4 is 5.32 Å². The van der Waals surface area contributed by atoms with Crippen LogP contribution in [0, 0.1) is 6.92 Å². The summed E-state index contributed by atoms with van der Waals surface area (Å²) >= 11 is 0. The third-order valence-electron chi connectivity index (χ3n) is 3.62. The van der Waals surface area contributed by atoms with Crippen LogP contribution in [-0.2, 0) is 6.61 Å². The molecule has 0 aliphatic carbocycles. The summed E-state index contributed by atoms with van der Waals surface area (Å²) < 4.78 is 0. The van der Waals surface area contributed by atoms with Crippen LogP contribution in [0.4, 0.5) is 5.69 Å². The molecule has 0 aliphatic rings. The van der Waals surface area contributed by atoms with Crippen molar-refractivity contribution >= 4 is 22.5 Å². The molecular weight excluding hydrogens is 276 g/mol. The Morgan fingerprint density at radius 2 is 2.05 bits per heavy atom. The fourth-order valence-corrected chi connectivity index (χ4v) is 2.39. The Labute approximate surface area is 128 Å². The van der Waals surface area contributed by atoms with Crippen molar-refractivity contribution in [2.24, 2.45) is 0 Å². The van der Waals surface area contributed by atoms with Gasteiger partial charge in [-0.2, -0.15) is 0 Å². The first-order valence-corrected chi connectivity index (χ1v) is 7.04. The molecule has 1 amide bonds. The van der Waals surface area contributed by atoms with E-state index in [9.17, 15) is 9.90 Å². The predicted molar refractivity (Wildman–Crippen MR) is 86.8 cm³/mol. The summed E-state index contributed by atoms with van der Waals surface area (Å²) in [4.78, 5) is 16.8. The molecule has 0 unspecified atom stereocenters. The molecule has 0 saturated carbocycles. The standard InChI is InChI=1S/C18H16N2O2/c1-12-7-8-13(11-21)10-17(12)20-18(22)15-4-2-6-16-14(15)5-3-9-19-16/h2-10,21H,11H2,1H3,(H,20,22). The van der Waals surface area contributed by atoms with Gasteiger partial charge in [0.25, 0.3) is 5.91 Å². The highest BCUT2D eigenvalue weighted by Gasteiger charge is 2.11. The Bertz CT molecular complexity index is 838. The maximum Gasteiger partial charge on any atom is 0.256 e. The molecular formula is C18H16N2O2. The number of carbonyl (C=O) groups excluding carboxylic acids is 1. The number of nitrogens with zero attached hydrogens (tertiary/aromatic N) is 1. The maximum absolute atomic E-state index is 12.6.